The third-order valence-electron chi connectivity index (χ3n) is 9.52. The highest BCUT2D eigenvalue weighted by Gasteiger charge is 2.36. The van der Waals surface area contributed by atoms with Crippen LogP contribution in [0.15, 0.2) is 133 Å². The quantitative estimate of drug-likeness (QED) is 0.0655. The Morgan fingerprint density at radius 2 is 1.71 bits per heavy atom. The van der Waals surface area contributed by atoms with Crippen molar-refractivity contribution in [3.63, 3.8) is 0 Å². The number of amides is 1. The Morgan fingerprint density at radius 3 is 2.54 bits per heavy atom. The number of thiophene rings is 1. The molecule has 0 saturated carbocycles. The number of carbonyl (C=O) groups is 2. The van der Waals surface area contributed by atoms with Gasteiger partial charge in [0.25, 0.3) is 0 Å². The number of anilines is 1. The molecule has 0 saturated heterocycles. The largest absolute Gasteiger partial charge is 0.508 e. The highest BCUT2D eigenvalue weighted by molar-refractivity contribution is 7.93. The fourth-order valence-corrected chi connectivity index (χ4v) is 9.69. The van der Waals surface area contributed by atoms with Crippen LogP contribution in [0.2, 0.25) is 0 Å². The number of rotatable bonds is 11. The van der Waals surface area contributed by atoms with Crippen LogP contribution in [0.3, 0.4) is 0 Å². The standard InChI is InChI=1S/C43H32N2O9S2/c46-26-10-14-32-37(22-26)54-38-23-27(47)11-15-33(38)41(32)31-13-9-25(21-35(31)43(49)50)17-18-44-39(48)7-3-19-53-28-12-16-29-30-5-1-2-6-36(30)45-42(34(29)24-28)56(51,52)40-8-4-20-55-40/h1-2,4-6,8-16,18,20-24,42,45-46H,3,7,17,19H2,(H,49,50)/t42-/m1/s1. The molecule has 56 heavy (non-hydrogen) atoms. The van der Waals surface area contributed by atoms with E-state index in [9.17, 15) is 33.0 Å². The molecule has 1 aliphatic carbocycles. The van der Waals surface area contributed by atoms with Crippen molar-refractivity contribution in [2.75, 3.05) is 11.9 Å². The molecule has 5 aromatic rings. The van der Waals surface area contributed by atoms with E-state index in [1.54, 1.807) is 53.9 Å². The molecule has 3 heterocycles. The van der Waals surface area contributed by atoms with Crippen LogP contribution in [0.4, 0.5) is 5.69 Å². The highest BCUT2D eigenvalue weighted by Crippen LogP contribution is 2.46. The number of carboxylic acid groups (broad SMARTS) is 1. The number of aromatic carboxylic acids is 1. The molecule has 3 aliphatic rings. The summed E-state index contributed by atoms with van der Waals surface area (Å²) in [5.74, 6) is -0.858. The second-order valence-corrected chi connectivity index (χ2v) is 16.4. The molecule has 3 N–H and O–H groups in total. The number of ether oxygens (including phenoxy) is 1. The monoisotopic (exact) mass is 784 g/mol. The molecule has 0 radical (unpaired) electrons. The lowest BCUT2D eigenvalue weighted by molar-refractivity contribution is -0.117. The summed E-state index contributed by atoms with van der Waals surface area (Å²) < 4.78 is 39.5. The van der Waals surface area contributed by atoms with Gasteiger partial charge in [-0.05, 0) is 83.1 Å². The average molecular weight is 785 g/mol. The van der Waals surface area contributed by atoms with Gasteiger partial charge in [0.2, 0.25) is 15.7 Å². The Bertz CT molecular complexity index is 2830. The van der Waals surface area contributed by atoms with Gasteiger partial charge in [0.15, 0.2) is 10.8 Å². The normalized spacial score (nSPS) is 13.7. The molecular weight excluding hydrogens is 753 g/mol. The number of benzene rings is 5. The summed E-state index contributed by atoms with van der Waals surface area (Å²) in [6.45, 7) is 0.196. The smallest absolute Gasteiger partial charge is 0.336 e. The highest BCUT2D eigenvalue weighted by atomic mass is 32.2. The third-order valence-corrected chi connectivity index (χ3v) is 12.9. The zero-order valence-corrected chi connectivity index (χ0v) is 31.1. The fraction of sp³-hybridized carbons (Fsp3) is 0.116. The number of carboxylic acids is 1. The number of phenolic OH excluding ortho intramolecular Hbond substituents is 1. The molecule has 8 rings (SSSR count). The Hall–Kier alpha value is -6.57. The summed E-state index contributed by atoms with van der Waals surface area (Å²) in [6.07, 6.45) is 2.10. The van der Waals surface area contributed by atoms with Gasteiger partial charge in [-0.15, -0.1) is 11.3 Å². The first-order valence-electron chi connectivity index (χ1n) is 17.6. The van der Waals surface area contributed by atoms with E-state index >= 15 is 0 Å². The number of phenols is 1. The van der Waals surface area contributed by atoms with Gasteiger partial charge in [-0.25, -0.2) is 18.2 Å². The minimum Gasteiger partial charge on any atom is -0.508 e. The number of para-hydroxylation sites is 1. The lowest BCUT2D eigenvalue weighted by Gasteiger charge is -2.29. The van der Waals surface area contributed by atoms with Crippen molar-refractivity contribution in [1.82, 2.24) is 0 Å². The Kier molecular flexibility index (Phi) is 9.71. The predicted octanol–water partition coefficient (Wildman–Crippen LogP) is 8.59. The molecule has 13 heteroatoms. The van der Waals surface area contributed by atoms with Gasteiger partial charge in [0.05, 0.1) is 12.2 Å². The number of nitrogens with one attached hydrogen (secondary N) is 1. The van der Waals surface area contributed by atoms with Crippen molar-refractivity contribution in [2.45, 2.75) is 28.8 Å². The summed E-state index contributed by atoms with van der Waals surface area (Å²) in [6, 6.07) is 30.0. The second-order valence-electron chi connectivity index (χ2n) is 13.2. The van der Waals surface area contributed by atoms with Crippen molar-refractivity contribution in [3.05, 3.63) is 141 Å². The van der Waals surface area contributed by atoms with E-state index in [2.05, 4.69) is 10.3 Å². The fourth-order valence-electron chi connectivity index (χ4n) is 6.94. The van der Waals surface area contributed by atoms with E-state index < -0.39 is 21.2 Å². The van der Waals surface area contributed by atoms with Crippen molar-refractivity contribution in [3.8, 4) is 45.1 Å². The molecule has 1 amide bonds. The van der Waals surface area contributed by atoms with Crippen LogP contribution in [-0.4, -0.2) is 43.3 Å². The van der Waals surface area contributed by atoms with E-state index in [1.165, 1.54) is 47.9 Å². The number of aliphatic imine (C=N–C) groups is 1. The number of hydrogen-bond acceptors (Lipinski definition) is 10. The topological polar surface area (TPSA) is 173 Å². The van der Waals surface area contributed by atoms with E-state index in [-0.39, 0.29) is 57.6 Å². The van der Waals surface area contributed by atoms with Crippen LogP contribution in [0.25, 0.3) is 44.5 Å². The first-order chi connectivity index (χ1) is 27.1. The number of nitrogens with zero attached hydrogens (tertiary/aromatic N) is 1. The lowest BCUT2D eigenvalue weighted by Crippen LogP contribution is -2.25. The Balaban J connectivity index is 0.935. The maximum atomic E-state index is 13.7. The maximum absolute atomic E-state index is 13.7. The summed E-state index contributed by atoms with van der Waals surface area (Å²) in [7, 11) is -3.76. The Morgan fingerprint density at radius 1 is 0.893 bits per heavy atom. The van der Waals surface area contributed by atoms with Crippen LogP contribution in [-0.2, 0) is 21.1 Å². The summed E-state index contributed by atoms with van der Waals surface area (Å²) in [5.41, 5.74) is 5.09. The predicted molar refractivity (Wildman–Crippen MR) is 215 cm³/mol. The molecular formula is C43H32N2O9S2. The molecule has 0 spiro atoms. The van der Waals surface area contributed by atoms with Gasteiger partial charge in [-0.2, -0.15) is 0 Å². The number of carbonyl (C=O) groups excluding carboxylic acids is 1. The summed E-state index contributed by atoms with van der Waals surface area (Å²) >= 11 is 1.17. The number of aromatic hydroxyl groups is 1. The molecule has 0 unspecified atom stereocenters. The average Bonchev–Trinajstić information content (AvgIpc) is 3.75. The van der Waals surface area contributed by atoms with E-state index in [0.29, 0.717) is 45.4 Å². The molecule has 11 nitrogen and oxygen atoms in total. The third kappa shape index (κ3) is 7.05. The van der Waals surface area contributed by atoms with Crippen LogP contribution in [0.5, 0.6) is 11.5 Å². The van der Waals surface area contributed by atoms with Gasteiger partial charge in [-0.1, -0.05) is 42.5 Å². The lowest BCUT2D eigenvalue weighted by atomic mass is 9.89. The van der Waals surface area contributed by atoms with Crippen molar-refractivity contribution in [2.24, 2.45) is 4.99 Å². The van der Waals surface area contributed by atoms with Gasteiger partial charge in [0.1, 0.15) is 27.1 Å². The molecule has 1 atom stereocenters. The van der Waals surface area contributed by atoms with Crippen molar-refractivity contribution < 1.29 is 37.4 Å². The minimum atomic E-state index is -3.76. The Labute approximate surface area is 324 Å². The number of fused-ring (bicyclic) bond motifs is 5. The maximum Gasteiger partial charge on any atom is 0.336 e. The van der Waals surface area contributed by atoms with E-state index in [4.69, 9.17) is 9.15 Å². The van der Waals surface area contributed by atoms with Crippen molar-refractivity contribution >= 4 is 55.9 Å². The van der Waals surface area contributed by atoms with Crippen molar-refractivity contribution in [1.29, 1.82) is 0 Å². The molecule has 280 valence electrons. The molecule has 4 aromatic carbocycles. The molecule has 1 aromatic heterocycles. The number of hydrogen-bond donors (Lipinski definition) is 3. The van der Waals surface area contributed by atoms with Gasteiger partial charge in [0, 0.05) is 64.5 Å². The van der Waals surface area contributed by atoms with E-state index in [1.807, 2.05) is 30.3 Å². The van der Waals surface area contributed by atoms with Crippen LogP contribution < -0.4 is 15.5 Å². The summed E-state index contributed by atoms with van der Waals surface area (Å²) in [4.78, 5) is 41.4. The minimum absolute atomic E-state index is 0.00468. The van der Waals surface area contributed by atoms with Gasteiger partial charge in [-0.3, -0.25) is 9.59 Å². The van der Waals surface area contributed by atoms with Crippen LogP contribution in [0.1, 0.15) is 39.7 Å². The SMILES string of the molecule is O=C(CCCOc1ccc2c(c1)[C@@H](S(=O)(=O)c1cccs1)Nc1ccccc1-2)N=CCc1ccc(-c2c3ccc(=O)cc-3oc3cc(O)ccc23)c(C(=O)O)c1. The number of sulfone groups is 1. The van der Waals surface area contributed by atoms with E-state index in [0.717, 1.165) is 16.8 Å². The second kappa shape index (κ2) is 14.9. The van der Waals surface area contributed by atoms with Crippen LogP contribution >= 0.6 is 11.3 Å². The molecule has 2 aliphatic heterocycles. The first kappa shape index (κ1) is 36.4. The van der Waals surface area contributed by atoms with Crippen LogP contribution in [0, 0.1) is 0 Å². The van der Waals surface area contributed by atoms with Gasteiger partial charge >= 0.3 is 5.97 Å². The van der Waals surface area contributed by atoms with Gasteiger partial charge < -0.3 is 24.7 Å². The first-order valence-corrected chi connectivity index (χ1v) is 20.0. The summed E-state index contributed by atoms with van der Waals surface area (Å²) in [5, 5.41) is 24.8. The zero-order valence-electron chi connectivity index (χ0n) is 29.5. The molecule has 0 fully saturated rings. The zero-order chi connectivity index (χ0) is 39.0. The molecule has 0 bridgehead atoms.